The molecule has 0 amide bonds. The van der Waals surface area contributed by atoms with E-state index in [2.05, 4.69) is 4.98 Å². The van der Waals surface area contributed by atoms with E-state index >= 15 is 0 Å². The molecule has 0 radical (unpaired) electrons. The maximum Gasteiger partial charge on any atom is 0.291 e. The highest BCUT2D eigenvalue weighted by molar-refractivity contribution is 5.37. The Morgan fingerprint density at radius 2 is 2.21 bits per heavy atom. The van der Waals surface area contributed by atoms with Gasteiger partial charge in [0.25, 0.3) is 5.69 Å². The highest BCUT2D eigenvalue weighted by Crippen LogP contribution is 2.25. The topological polar surface area (TPSA) is 82.0 Å². The molecule has 0 aliphatic carbocycles. The number of nitrogens with two attached hydrogens (primary N) is 1. The molecule has 2 unspecified atom stereocenters. The summed E-state index contributed by atoms with van der Waals surface area (Å²) in [4.78, 5) is 14.2. The molecule has 0 bridgehead atoms. The van der Waals surface area contributed by atoms with E-state index in [1.807, 2.05) is 13.8 Å². The summed E-state index contributed by atoms with van der Waals surface area (Å²) in [5, 5.41) is 10.7. The van der Waals surface area contributed by atoms with Crippen LogP contribution in [0.15, 0.2) is 18.3 Å². The fraction of sp³-hybridized carbons (Fsp3) is 0.444. The summed E-state index contributed by atoms with van der Waals surface area (Å²) in [5.41, 5.74) is 6.16. The summed E-state index contributed by atoms with van der Waals surface area (Å²) in [6, 6.07) is 2.85. The first-order chi connectivity index (χ1) is 6.54. The molecular weight excluding hydrogens is 182 g/mol. The third-order valence-electron chi connectivity index (χ3n) is 2.23. The molecule has 1 heterocycles. The van der Waals surface area contributed by atoms with Crippen LogP contribution in [0.5, 0.6) is 0 Å². The van der Waals surface area contributed by atoms with Crippen LogP contribution >= 0.6 is 0 Å². The lowest BCUT2D eigenvalue weighted by molar-refractivity contribution is -0.386. The number of nitro groups is 1. The molecule has 0 saturated carbocycles. The van der Waals surface area contributed by atoms with Crippen molar-refractivity contribution in [1.29, 1.82) is 0 Å². The van der Waals surface area contributed by atoms with E-state index in [9.17, 15) is 10.1 Å². The Hall–Kier alpha value is -1.49. The molecule has 2 atom stereocenters. The fourth-order valence-electron chi connectivity index (χ4n) is 1.16. The molecule has 0 aliphatic rings. The van der Waals surface area contributed by atoms with E-state index in [0.29, 0.717) is 5.69 Å². The van der Waals surface area contributed by atoms with Crippen LogP contribution < -0.4 is 5.73 Å². The molecule has 0 fully saturated rings. The van der Waals surface area contributed by atoms with Gasteiger partial charge in [0.1, 0.15) is 5.69 Å². The number of hydrogen-bond donors (Lipinski definition) is 1. The third-order valence-corrected chi connectivity index (χ3v) is 2.23. The molecule has 1 aromatic heterocycles. The van der Waals surface area contributed by atoms with Crippen LogP contribution in [0.3, 0.4) is 0 Å². The largest absolute Gasteiger partial charge is 0.327 e. The van der Waals surface area contributed by atoms with E-state index in [-0.39, 0.29) is 17.6 Å². The molecule has 5 nitrogen and oxygen atoms in total. The van der Waals surface area contributed by atoms with Gasteiger partial charge in [0.15, 0.2) is 0 Å². The average molecular weight is 195 g/mol. The predicted molar refractivity (Wildman–Crippen MR) is 53.0 cm³/mol. The Balaban J connectivity index is 3.13. The van der Waals surface area contributed by atoms with Crippen molar-refractivity contribution in [2.75, 3.05) is 0 Å². The van der Waals surface area contributed by atoms with Crippen LogP contribution in [-0.4, -0.2) is 15.9 Å². The molecule has 0 aromatic carbocycles. The van der Waals surface area contributed by atoms with Crippen molar-refractivity contribution >= 4 is 5.69 Å². The second-order valence-electron chi connectivity index (χ2n) is 3.31. The molecule has 76 valence electrons. The Kier molecular flexibility index (Phi) is 3.14. The summed E-state index contributed by atoms with van der Waals surface area (Å²) in [6.45, 7) is 3.64. The first-order valence-electron chi connectivity index (χ1n) is 4.39. The van der Waals surface area contributed by atoms with Gasteiger partial charge in [-0.05, 0) is 13.0 Å². The van der Waals surface area contributed by atoms with E-state index < -0.39 is 4.92 Å². The highest BCUT2D eigenvalue weighted by atomic mass is 16.6. The van der Waals surface area contributed by atoms with Gasteiger partial charge in [0, 0.05) is 24.2 Å². The summed E-state index contributed by atoms with van der Waals surface area (Å²) >= 11 is 0. The van der Waals surface area contributed by atoms with E-state index in [4.69, 9.17) is 5.73 Å². The summed E-state index contributed by atoms with van der Waals surface area (Å²) in [7, 11) is 0. The van der Waals surface area contributed by atoms with Crippen molar-refractivity contribution in [3.63, 3.8) is 0 Å². The van der Waals surface area contributed by atoms with Crippen molar-refractivity contribution < 1.29 is 4.92 Å². The summed E-state index contributed by atoms with van der Waals surface area (Å²) < 4.78 is 0. The van der Waals surface area contributed by atoms with Gasteiger partial charge in [-0.2, -0.15) is 0 Å². The smallest absolute Gasteiger partial charge is 0.291 e. The lowest BCUT2D eigenvalue weighted by Crippen LogP contribution is -2.23. The first-order valence-corrected chi connectivity index (χ1v) is 4.39. The maximum absolute atomic E-state index is 10.7. The van der Waals surface area contributed by atoms with Crippen LogP contribution in [0.25, 0.3) is 0 Å². The van der Waals surface area contributed by atoms with Crippen LogP contribution in [-0.2, 0) is 0 Å². The van der Waals surface area contributed by atoms with Gasteiger partial charge in [-0.1, -0.05) is 6.92 Å². The minimum Gasteiger partial charge on any atom is -0.327 e. The molecule has 1 aromatic rings. The Morgan fingerprint density at radius 3 is 2.71 bits per heavy atom. The molecular formula is C9H13N3O2. The quantitative estimate of drug-likeness (QED) is 0.584. The Labute approximate surface area is 82.1 Å². The summed E-state index contributed by atoms with van der Waals surface area (Å²) in [6.07, 6.45) is 1.54. The summed E-state index contributed by atoms with van der Waals surface area (Å²) in [5.74, 6) is -0.114. The van der Waals surface area contributed by atoms with Crippen molar-refractivity contribution in [2.45, 2.75) is 25.8 Å². The van der Waals surface area contributed by atoms with Crippen LogP contribution in [0, 0.1) is 10.1 Å². The van der Waals surface area contributed by atoms with Crippen molar-refractivity contribution in [1.82, 2.24) is 4.98 Å². The monoisotopic (exact) mass is 195 g/mol. The number of rotatable bonds is 3. The van der Waals surface area contributed by atoms with Gasteiger partial charge < -0.3 is 5.73 Å². The zero-order valence-corrected chi connectivity index (χ0v) is 8.18. The average Bonchev–Trinajstić information content (AvgIpc) is 2.16. The zero-order valence-electron chi connectivity index (χ0n) is 8.18. The molecule has 2 N–H and O–H groups in total. The molecule has 1 rings (SSSR count). The molecule has 0 spiro atoms. The predicted octanol–water partition coefficient (Wildman–Crippen LogP) is 1.44. The van der Waals surface area contributed by atoms with Gasteiger partial charge >= 0.3 is 0 Å². The highest BCUT2D eigenvalue weighted by Gasteiger charge is 2.22. The second kappa shape index (κ2) is 4.15. The van der Waals surface area contributed by atoms with Gasteiger partial charge in [0.2, 0.25) is 0 Å². The minimum atomic E-state index is -0.429. The number of hydrogen-bond acceptors (Lipinski definition) is 4. The third kappa shape index (κ3) is 2.05. The van der Waals surface area contributed by atoms with Crippen LogP contribution in [0.2, 0.25) is 0 Å². The molecule has 5 heteroatoms. The number of pyridine rings is 1. The van der Waals surface area contributed by atoms with Crippen molar-refractivity contribution in [2.24, 2.45) is 5.73 Å². The van der Waals surface area contributed by atoms with Crippen LogP contribution in [0.4, 0.5) is 5.69 Å². The van der Waals surface area contributed by atoms with E-state index in [1.54, 1.807) is 12.3 Å². The standard InChI is InChI=1S/C9H13N3O2/c1-6(7(2)10)9-8(12(13)14)4-3-5-11-9/h3-7H,10H2,1-2H3. The van der Waals surface area contributed by atoms with Crippen LogP contribution in [0.1, 0.15) is 25.5 Å². The molecule has 0 aliphatic heterocycles. The SMILES string of the molecule is CC(N)C(C)c1ncccc1[N+](=O)[O-]. The van der Waals surface area contributed by atoms with Crippen molar-refractivity contribution in [3.05, 3.63) is 34.1 Å². The fourth-order valence-corrected chi connectivity index (χ4v) is 1.16. The number of nitrogens with zero attached hydrogens (tertiary/aromatic N) is 2. The first kappa shape index (κ1) is 10.6. The zero-order chi connectivity index (χ0) is 10.7. The normalized spacial score (nSPS) is 14.8. The molecule has 14 heavy (non-hydrogen) atoms. The van der Waals surface area contributed by atoms with Gasteiger partial charge in [0.05, 0.1) is 4.92 Å². The van der Waals surface area contributed by atoms with Gasteiger partial charge in [-0.15, -0.1) is 0 Å². The van der Waals surface area contributed by atoms with E-state index in [0.717, 1.165) is 0 Å². The molecule has 0 saturated heterocycles. The maximum atomic E-state index is 10.7. The Morgan fingerprint density at radius 1 is 1.57 bits per heavy atom. The number of aromatic nitrogens is 1. The lowest BCUT2D eigenvalue weighted by Gasteiger charge is -2.14. The second-order valence-corrected chi connectivity index (χ2v) is 3.31. The minimum absolute atomic E-state index is 0.0392. The van der Waals surface area contributed by atoms with Gasteiger partial charge in [-0.25, -0.2) is 0 Å². The lowest BCUT2D eigenvalue weighted by atomic mass is 9.99. The van der Waals surface area contributed by atoms with E-state index in [1.165, 1.54) is 6.07 Å². The van der Waals surface area contributed by atoms with Crippen molar-refractivity contribution in [3.8, 4) is 0 Å². The Bertz CT molecular complexity index is 339. The van der Waals surface area contributed by atoms with Gasteiger partial charge in [-0.3, -0.25) is 15.1 Å².